The van der Waals surface area contributed by atoms with Crippen LogP contribution in [0.2, 0.25) is 0 Å². The molecule has 0 aliphatic carbocycles. The third kappa shape index (κ3) is 3.32. The van der Waals surface area contributed by atoms with Crippen molar-refractivity contribution in [2.24, 2.45) is 0 Å². The fourth-order valence-electron chi connectivity index (χ4n) is 3.90. The Hall–Kier alpha value is -3.04. The zero-order valence-electron chi connectivity index (χ0n) is 17.3. The van der Waals surface area contributed by atoms with Gasteiger partial charge in [-0.25, -0.2) is 4.39 Å². The van der Waals surface area contributed by atoms with Gasteiger partial charge in [0.25, 0.3) is 5.91 Å². The molecule has 1 aliphatic heterocycles. The summed E-state index contributed by atoms with van der Waals surface area (Å²) in [6.45, 7) is 2.04. The number of benzene rings is 2. The van der Waals surface area contributed by atoms with Crippen LogP contribution in [0.25, 0.3) is 11.0 Å². The molecule has 1 aliphatic rings. The summed E-state index contributed by atoms with van der Waals surface area (Å²) < 4.78 is 19.7. The number of amides is 1. The molecule has 4 aromatic rings. The average molecular weight is 468 g/mol. The minimum Gasteiger partial charge on any atom is -0.450 e. The molecular formula is C23H18FN3O3S2. The summed E-state index contributed by atoms with van der Waals surface area (Å²) in [5.74, 6) is -1.04. The maximum absolute atomic E-state index is 13.9. The zero-order chi connectivity index (χ0) is 22.4. The quantitative estimate of drug-likeness (QED) is 0.375. The molecule has 2 aromatic carbocycles. The first-order chi connectivity index (χ1) is 15.5. The van der Waals surface area contributed by atoms with E-state index < -0.39 is 23.2 Å². The van der Waals surface area contributed by atoms with Gasteiger partial charge in [0.1, 0.15) is 16.4 Å². The van der Waals surface area contributed by atoms with E-state index in [1.165, 1.54) is 28.4 Å². The summed E-state index contributed by atoms with van der Waals surface area (Å²) >= 11 is 2.92. The SMILES string of the molecule is CCCc1nnc(N2C(=O)c3oc4ccc(F)cc4c(=O)c3[C@H]2c2ccc(SC)cc2)s1. The summed E-state index contributed by atoms with van der Waals surface area (Å²) in [5, 5.41) is 9.76. The van der Waals surface area contributed by atoms with Gasteiger partial charge in [0.2, 0.25) is 10.9 Å². The van der Waals surface area contributed by atoms with Crippen molar-refractivity contribution >= 4 is 45.1 Å². The van der Waals surface area contributed by atoms with Crippen LogP contribution >= 0.6 is 23.1 Å². The molecule has 0 radical (unpaired) electrons. The molecule has 32 heavy (non-hydrogen) atoms. The molecule has 1 atom stereocenters. The summed E-state index contributed by atoms with van der Waals surface area (Å²) in [6, 6.07) is 10.6. The van der Waals surface area contributed by atoms with Gasteiger partial charge in [-0.1, -0.05) is 30.4 Å². The molecule has 0 bridgehead atoms. The Balaban J connectivity index is 1.75. The molecule has 0 saturated heterocycles. The van der Waals surface area contributed by atoms with Crippen molar-refractivity contribution in [1.29, 1.82) is 0 Å². The highest BCUT2D eigenvalue weighted by atomic mass is 32.2. The third-order valence-electron chi connectivity index (χ3n) is 5.39. The first-order valence-corrected chi connectivity index (χ1v) is 12.1. The molecule has 3 heterocycles. The smallest absolute Gasteiger partial charge is 0.297 e. The lowest BCUT2D eigenvalue weighted by molar-refractivity contribution is 0.0970. The average Bonchev–Trinajstić information content (AvgIpc) is 3.37. The number of nitrogens with zero attached hydrogens (tertiary/aromatic N) is 3. The van der Waals surface area contributed by atoms with Crippen LogP contribution in [-0.4, -0.2) is 22.4 Å². The van der Waals surface area contributed by atoms with E-state index in [1.807, 2.05) is 37.4 Å². The molecule has 0 unspecified atom stereocenters. The molecular weight excluding hydrogens is 449 g/mol. The van der Waals surface area contributed by atoms with E-state index in [0.29, 0.717) is 5.13 Å². The van der Waals surface area contributed by atoms with Crippen molar-refractivity contribution in [3.05, 3.63) is 80.4 Å². The van der Waals surface area contributed by atoms with Gasteiger partial charge in [0.15, 0.2) is 5.43 Å². The van der Waals surface area contributed by atoms with E-state index in [9.17, 15) is 14.0 Å². The summed E-state index contributed by atoms with van der Waals surface area (Å²) in [4.78, 5) is 29.5. The van der Waals surface area contributed by atoms with Crippen molar-refractivity contribution in [3.8, 4) is 0 Å². The molecule has 0 N–H and O–H groups in total. The van der Waals surface area contributed by atoms with Gasteiger partial charge in [0.05, 0.1) is 17.0 Å². The second kappa shape index (κ2) is 8.14. The monoisotopic (exact) mass is 467 g/mol. The maximum Gasteiger partial charge on any atom is 0.297 e. The number of aryl methyl sites for hydroxylation is 1. The first-order valence-electron chi connectivity index (χ1n) is 10.1. The molecule has 0 fully saturated rings. The van der Waals surface area contributed by atoms with Crippen molar-refractivity contribution in [3.63, 3.8) is 0 Å². The number of rotatable bonds is 5. The fourth-order valence-corrected chi connectivity index (χ4v) is 5.28. The molecule has 5 rings (SSSR count). The van der Waals surface area contributed by atoms with Gasteiger partial charge in [-0.15, -0.1) is 22.0 Å². The van der Waals surface area contributed by atoms with E-state index in [-0.39, 0.29) is 22.3 Å². The zero-order valence-corrected chi connectivity index (χ0v) is 18.9. The number of anilines is 1. The van der Waals surface area contributed by atoms with E-state index in [4.69, 9.17) is 4.42 Å². The van der Waals surface area contributed by atoms with E-state index in [1.54, 1.807) is 11.8 Å². The number of halogens is 1. The Morgan fingerprint density at radius 3 is 2.66 bits per heavy atom. The van der Waals surface area contributed by atoms with E-state index in [2.05, 4.69) is 10.2 Å². The van der Waals surface area contributed by atoms with Crippen LogP contribution in [0.4, 0.5) is 9.52 Å². The predicted molar refractivity (Wildman–Crippen MR) is 123 cm³/mol. The Bertz CT molecular complexity index is 1400. The Kier molecular flexibility index (Phi) is 5.30. The number of carbonyl (C=O) groups is 1. The third-order valence-corrected chi connectivity index (χ3v) is 7.12. The lowest BCUT2D eigenvalue weighted by atomic mass is 9.99. The Labute approximate surface area is 191 Å². The standard InChI is InChI=1S/C23H18FN3O3S2/c1-3-4-17-25-26-23(32-17)27-19(12-5-8-14(31-2)9-6-12)18-20(28)15-11-13(24)7-10-16(15)30-21(18)22(27)29/h5-11,19H,3-4H2,1-2H3/t19-/m1/s1. The van der Waals surface area contributed by atoms with Crippen molar-refractivity contribution in [2.75, 3.05) is 11.2 Å². The number of carbonyl (C=O) groups excluding carboxylic acids is 1. The first kappa shape index (κ1) is 20.8. The van der Waals surface area contributed by atoms with Crippen LogP contribution in [-0.2, 0) is 6.42 Å². The topological polar surface area (TPSA) is 76.3 Å². The van der Waals surface area contributed by atoms with Gasteiger partial charge in [-0.3, -0.25) is 14.5 Å². The number of aromatic nitrogens is 2. The lowest BCUT2D eigenvalue weighted by Gasteiger charge is -2.22. The second-order valence-electron chi connectivity index (χ2n) is 7.39. The number of hydrogen-bond donors (Lipinski definition) is 0. The van der Waals surface area contributed by atoms with E-state index >= 15 is 0 Å². The van der Waals surface area contributed by atoms with Crippen LogP contribution in [0.1, 0.15) is 46.1 Å². The highest BCUT2D eigenvalue weighted by molar-refractivity contribution is 7.98. The van der Waals surface area contributed by atoms with Gasteiger partial charge >= 0.3 is 0 Å². The lowest BCUT2D eigenvalue weighted by Crippen LogP contribution is -2.29. The molecule has 2 aromatic heterocycles. The van der Waals surface area contributed by atoms with E-state index in [0.717, 1.165) is 34.4 Å². The van der Waals surface area contributed by atoms with Gasteiger partial charge < -0.3 is 4.42 Å². The minimum atomic E-state index is -0.736. The summed E-state index contributed by atoms with van der Waals surface area (Å²) in [5.41, 5.74) is 0.682. The largest absolute Gasteiger partial charge is 0.450 e. The van der Waals surface area contributed by atoms with Crippen LogP contribution in [0.3, 0.4) is 0 Å². The highest BCUT2D eigenvalue weighted by Gasteiger charge is 2.45. The van der Waals surface area contributed by atoms with Crippen LogP contribution in [0.5, 0.6) is 0 Å². The molecule has 6 nitrogen and oxygen atoms in total. The van der Waals surface area contributed by atoms with Gasteiger partial charge in [0, 0.05) is 11.3 Å². The molecule has 1 amide bonds. The second-order valence-corrected chi connectivity index (χ2v) is 9.31. The highest BCUT2D eigenvalue weighted by Crippen LogP contribution is 2.42. The summed E-state index contributed by atoms with van der Waals surface area (Å²) in [6.07, 6.45) is 3.63. The molecule has 0 spiro atoms. The maximum atomic E-state index is 13.9. The van der Waals surface area contributed by atoms with Gasteiger partial charge in [-0.2, -0.15) is 0 Å². The van der Waals surface area contributed by atoms with Crippen molar-refractivity contribution in [2.45, 2.75) is 30.7 Å². The molecule has 0 saturated carbocycles. The van der Waals surface area contributed by atoms with Crippen LogP contribution in [0.15, 0.2) is 56.6 Å². The molecule has 162 valence electrons. The van der Waals surface area contributed by atoms with Gasteiger partial charge in [-0.05, 0) is 48.6 Å². The van der Waals surface area contributed by atoms with Crippen molar-refractivity contribution in [1.82, 2.24) is 10.2 Å². The molecule has 9 heteroatoms. The Morgan fingerprint density at radius 2 is 1.94 bits per heavy atom. The van der Waals surface area contributed by atoms with Crippen LogP contribution < -0.4 is 10.3 Å². The Morgan fingerprint density at radius 1 is 1.16 bits per heavy atom. The minimum absolute atomic E-state index is 0.0414. The number of hydrogen-bond acceptors (Lipinski definition) is 7. The van der Waals surface area contributed by atoms with Crippen molar-refractivity contribution < 1.29 is 13.6 Å². The van der Waals surface area contributed by atoms with Crippen LogP contribution in [0, 0.1) is 5.82 Å². The fraction of sp³-hybridized carbons (Fsp3) is 0.217. The number of thioether (sulfide) groups is 1. The summed E-state index contributed by atoms with van der Waals surface area (Å²) in [7, 11) is 0. The predicted octanol–water partition coefficient (Wildman–Crippen LogP) is 5.21. The number of fused-ring (bicyclic) bond motifs is 2. The normalized spacial score (nSPS) is 15.5.